The molecule has 0 aromatic rings. The van der Waals surface area contributed by atoms with Crippen LogP contribution in [-0.4, -0.2) is 11.1 Å². The number of hydrogen-bond donors (Lipinski definition) is 1. The summed E-state index contributed by atoms with van der Waals surface area (Å²) in [6, 6.07) is 0. The van der Waals surface area contributed by atoms with Crippen molar-refractivity contribution >= 4 is 5.97 Å². The summed E-state index contributed by atoms with van der Waals surface area (Å²) in [4.78, 5) is 9.90. The minimum absolute atomic E-state index is 0.303. The second-order valence-electron chi connectivity index (χ2n) is 1.98. The zero-order valence-corrected chi connectivity index (χ0v) is 4.50. The molecular weight excluding hydrogens is 104 g/mol. The molecule has 2 nitrogen and oxygen atoms in total. The summed E-state index contributed by atoms with van der Waals surface area (Å²) >= 11 is 0. The third-order valence-electron chi connectivity index (χ3n) is 1.16. The van der Waals surface area contributed by atoms with Crippen molar-refractivity contribution < 1.29 is 9.90 Å². The minimum atomic E-state index is -0.696. The smallest absolute Gasteiger partial charge is 0.303 e. The van der Waals surface area contributed by atoms with Gasteiger partial charge in [-0.25, -0.2) is 0 Å². The van der Waals surface area contributed by atoms with E-state index in [1.54, 1.807) is 0 Å². The average Bonchev–Trinajstić information content (AvgIpc) is 2.41. The molecule has 8 heavy (non-hydrogen) atoms. The third kappa shape index (κ3) is 1.78. The Bertz CT molecular complexity index is 120. The summed E-state index contributed by atoms with van der Waals surface area (Å²) in [5, 5.41) is 8.16. The standard InChI is InChI=1S/C6H8O2/c7-6(8)4-3-5-1-2-5/h1-2,5H,3-4H2,(H,7,8). The molecule has 1 aliphatic carbocycles. The summed E-state index contributed by atoms with van der Waals surface area (Å²) < 4.78 is 0. The van der Waals surface area contributed by atoms with E-state index in [1.165, 1.54) is 0 Å². The lowest BCUT2D eigenvalue weighted by atomic mass is 10.2. The van der Waals surface area contributed by atoms with Crippen LogP contribution >= 0.6 is 0 Å². The molecular formula is C6H8O2. The highest BCUT2D eigenvalue weighted by molar-refractivity contribution is 5.66. The first-order valence-corrected chi connectivity index (χ1v) is 2.69. The SMILES string of the molecule is O=C(O)CCC1C=C1. The summed E-state index contributed by atoms with van der Waals surface area (Å²) in [6.45, 7) is 0. The first kappa shape index (κ1) is 5.35. The highest BCUT2D eigenvalue weighted by Crippen LogP contribution is 2.21. The van der Waals surface area contributed by atoms with Crippen LogP contribution in [0.3, 0.4) is 0 Å². The molecule has 1 rings (SSSR count). The molecule has 0 amide bonds. The van der Waals surface area contributed by atoms with E-state index in [0.29, 0.717) is 12.3 Å². The molecule has 0 fully saturated rings. The molecule has 0 radical (unpaired) electrons. The van der Waals surface area contributed by atoms with Crippen LogP contribution in [0.15, 0.2) is 12.2 Å². The number of carbonyl (C=O) groups is 1. The van der Waals surface area contributed by atoms with Crippen molar-refractivity contribution in [3.63, 3.8) is 0 Å². The van der Waals surface area contributed by atoms with Gasteiger partial charge >= 0.3 is 5.97 Å². The Hall–Kier alpha value is -0.790. The fraction of sp³-hybridized carbons (Fsp3) is 0.500. The highest BCUT2D eigenvalue weighted by atomic mass is 16.4. The van der Waals surface area contributed by atoms with E-state index in [2.05, 4.69) is 0 Å². The van der Waals surface area contributed by atoms with Gasteiger partial charge in [0.2, 0.25) is 0 Å². The van der Waals surface area contributed by atoms with Gasteiger partial charge in [-0.15, -0.1) is 0 Å². The molecule has 44 valence electrons. The molecule has 2 heteroatoms. The Kier molecular flexibility index (Phi) is 1.33. The first-order valence-electron chi connectivity index (χ1n) is 2.69. The Labute approximate surface area is 47.8 Å². The lowest BCUT2D eigenvalue weighted by molar-refractivity contribution is -0.137. The maximum absolute atomic E-state index is 9.90. The summed E-state index contributed by atoms with van der Waals surface area (Å²) in [5.74, 6) is -0.190. The van der Waals surface area contributed by atoms with Crippen LogP contribution in [0.2, 0.25) is 0 Å². The number of carboxylic acids is 1. The molecule has 0 atom stereocenters. The lowest BCUT2D eigenvalue weighted by Crippen LogP contribution is -1.94. The summed E-state index contributed by atoms with van der Waals surface area (Å²) in [6.07, 6.45) is 5.12. The van der Waals surface area contributed by atoms with Gasteiger partial charge in [0.1, 0.15) is 0 Å². The molecule has 0 saturated heterocycles. The molecule has 1 aliphatic rings. The minimum Gasteiger partial charge on any atom is -0.481 e. The van der Waals surface area contributed by atoms with Crippen LogP contribution in [0, 0.1) is 5.92 Å². The highest BCUT2D eigenvalue weighted by Gasteiger charge is 2.11. The van der Waals surface area contributed by atoms with Gasteiger partial charge in [0.05, 0.1) is 0 Å². The number of carboxylic acid groups (broad SMARTS) is 1. The van der Waals surface area contributed by atoms with Crippen LogP contribution in [0.4, 0.5) is 0 Å². The van der Waals surface area contributed by atoms with Gasteiger partial charge in [-0.3, -0.25) is 4.79 Å². The van der Waals surface area contributed by atoms with Gasteiger partial charge in [0.15, 0.2) is 0 Å². The van der Waals surface area contributed by atoms with Crippen molar-refractivity contribution in [3.8, 4) is 0 Å². The molecule has 0 spiro atoms. The normalized spacial score (nSPS) is 16.5. The monoisotopic (exact) mass is 112 g/mol. The van der Waals surface area contributed by atoms with E-state index in [9.17, 15) is 4.79 Å². The summed E-state index contributed by atoms with van der Waals surface area (Å²) in [7, 11) is 0. The van der Waals surface area contributed by atoms with Crippen LogP contribution in [0.25, 0.3) is 0 Å². The molecule has 0 bridgehead atoms. The fourth-order valence-corrected chi connectivity index (χ4v) is 0.561. The van der Waals surface area contributed by atoms with Crippen molar-refractivity contribution in [3.05, 3.63) is 12.2 Å². The Morgan fingerprint density at radius 1 is 1.62 bits per heavy atom. The molecule has 0 unspecified atom stereocenters. The topological polar surface area (TPSA) is 37.3 Å². The van der Waals surface area contributed by atoms with Crippen molar-refractivity contribution in [2.75, 3.05) is 0 Å². The zero-order chi connectivity index (χ0) is 5.98. The van der Waals surface area contributed by atoms with Crippen LogP contribution in [-0.2, 0) is 4.79 Å². The average molecular weight is 112 g/mol. The van der Waals surface area contributed by atoms with E-state index in [1.807, 2.05) is 12.2 Å². The zero-order valence-electron chi connectivity index (χ0n) is 4.50. The number of hydrogen-bond acceptors (Lipinski definition) is 1. The van der Waals surface area contributed by atoms with Crippen LogP contribution in [0.1, 0.15) is 12.8 Å². The Morgan fingerprint density at radius 2 is 2.25 bits per heavy atom. The van der Waals surface area contributed by atoms with E-state index >= 15 is 0 Å². The Morgan fingerprint density at radius 3 is 2.62 bits per heavy atom. The van der Waals surface area contributed by atoms with Crippen molar-refractivity contribution in [2.24, 2.45) is 5.92 Å². The van der Waals surface area contributed by atoms with Gasteiger partial charge in [-0.05, 0) is 12.3 Å². The predicted octanol–water partition coefficient (Wildman–Crippen LogP) is 1.04. The van der Waals surface area contributed by atoms with Crippen LogP contribution < -0.4 is 0 Å². The van der Waals surface area contributed by atoms with E-state index in [-0.39, 0.29) is 0 Å². The molecule has 0 aromatic heterocycles. The second kappa shape index (κ2) is 1.99. The molecule has 0 aromatic carbocycles. The van der Waals surface area contributed by atoms with Crippen molar-refractivity contribution in [1.29, 1.82) is 0 Å². The van der Waals surface area contributed by atoms with Crippen molar-refractivity contribution in [2.45, 2.75) is 12.8 Å². The quantitative estimate of drug-likeness (QED) is 0.554. The largest absolute Gasteiger partial charge is 0.481 e. The maximum Gasteiger partial charge on any atom is 0.303 e. The van der Waals surface area contributed by atoms with Crippen molar-refractivity contribution in [1.82, 2.24) is 0 Å². The van der Waals surface area contributed by atoms with Gasteiger partial charge in [-0.1, -0.05) is 12.2 Å². The third-order valence-corrected chi connectivity index (χ3v) is 1.16. The van der Waals surface area contributed by atoms with Crippen LogP contribution in [0.5, 0.6) is 0 Å². The maximum atomic E-state index is 9.90. The Balaban J connectivity index is 1.96. The van der Waals surface area contributed by atoms with E-state index in [0.717, 1.165) is 6.42 Å². The van der Waals surface area contributed by atoms with E-state index < -0.39 is 5.97 Å². The number of rotatable bonds is 3. The second-order valence-corrected chi connectivity index (χ2v) is 1.98. The molecule has 0 saturated carbocycles. The number of aliphatic carboxylic acids is 1. The van der Waals surface area contributed by atoms with Gasteiger partial charge in [0.25, 0.3) is 0 Å². The lowest BCUT2D eigenvalue weighted by Gasteiger charge is -1.88. The number of allylic oxidation sites excluding steroid dienone is 2. The predicted molar refractivity (Wildman–Crippen MR) is 29.5 cm³/mol. The van der Waals surface area contributed by atoms with E-state index in [4.69, 9.17) is 5.11 Å². The summed E-state index contributed by atoms with van der Waals surface area (Å²) in [5.41, 5.74) is 0. The van der Waals surface area contributed by atoms with Gasteiger partial charge in [0, 0.05) is 6.42 Å². The molecule has 1 N–H and O–H groups in total. The van der Waals surface area contributed by atoms with Gasteiger partial charge < -0.3 is 5.11 Å². The fourth-order valence-electron chi connectivity index (χ4n) is 0.561. The first-order chi connectivity index (χ1) is 3.79. The molecule has 0 heterocycles. The van der Waals surface area contributed by atoms with Gasteiger partial charge in [-0.2, -0.15) is 0 Å². The molecule has 0 aliphatic heterocycles.